The van der Waals surface area contributed by atoms with E-state index in [1.165, 1.54) is 11.8 Å². The molecule has 1 amide bonds. The molecule has 0 saturated heterocycles. The normalized spacial score (nSPS) is 13.0. The molecular formula is C24H31N3O4S2. The number of ether oxygens (including phenoxy) is 2. The number of carbonyl (C=O) groups is 1. The first-order chi connectivity index (χ1) is 15.8. The van der Waals surface area contributed by atoms with E-state index in [2.05, 4.69) is 29.1 Å². The second-order valence-corrected chi connectivity index (χ2v) is 10.6. The summed E-state index contributed by atoms with van der Waals surface area (Å²) in [5.74, 6) is 1.61. The van der Waals surface area contributed by atoms with E-state index in [-0.39, 0.29) is 11.5 Å². The molecule has 178 valence electrons. The van der Waals surface area contributed by atoms with Crippen LogP contribution in [0.1, 0.15) is 43.2 Å². The fourth-order valence-electron chi connectivity index (χ4n) is 3.49. The number of rotatable bonds is 10. The Labute approximate surface area is 202 Å². The van der Waals surface area contributed by atoms with Crippen molar-refractivity contribution in [2.45, 2.75) is 57.5 Å². The lowest BCUT2D eigenvalue weighted by Crippen LogP contribution is -2.30. The second-order valence-electron chi connectivity index (χ2n) is 8.07. The van der Waals surface area contributed by atoms with Gasteiger partial charge in [0.2, 0.25) is 5.91 Å². The first-order valence-electron chi connectivity index (χ1n) is 10.9. The minimum Gasteiger partial charge on any atom is -0.493 e. The van der Waals surface area contributed by atoms with Crippen LogP contribution < -0.4 is 20.3 Å². The van der Waals surface area contributed by atoms with E-state index >= 15 is 0 Å². The van der Waals surface area contributed by atoms with Gasteiger partial charge in [0.05, 0.1) is 24.9 Å². The molecule has 0 aliphatic carbocycles. The van der Waals surface area contributed by atoms with Crippen LogP contribution >= 0.6 is 23.1 Å². The third-order valence-electron chi connectivity index (χ3n) is 5.66. The summed E-state index contributed by atoms with van der Waals surface area (Å²) in [6.07, 6.45) is 1.93. The second kappa shape index (κ2) is 11.1. The maximum absolute atomic E-state index is 12.9. The molecule has 2 aromatic heterocycles. The highest BCUT2D eigenvalue weighted by molar-refractivity contribution is 8.00. The Bertz CT molecular complexity index is 1190. The van der Waals surface area contributed by atoms with Crippen LogP contribution in [0, 0.1) is 12.8 Å². The van der Waals surface area contributed by atoms with Gasteiger partial charge >= 0.3 is 0 Å². The summed E-state index contributed by atoms with van der Waals surface area (Å²) in [7, 11) is 3.16. The number of amides is 1. The van der Waals surface area contributed by atoms with Crippen molar-refractivity contribution in [1.29, 1.82) is 0 Å². The van der Waals surface area contributed by atoms with Crippen molar-refractivity contribution in [1.82, 2.24) is 15.3 Å². The van der Waals surface area contributed by atoms with Gasteiger partial charge in [0.15, 0.2) is 16.7 Å². The molecule has 9 heteroatoms. The van der Waals surface area contributed by atoms with Gasteiger partial charge in [-0.15, -0.1) is 11.3 Å². The summed E-state index contributed by atoms with van der Waals surface area (Å²) >= 11 is 2.79. The predicted octanol–water partition coefficient (Wildman–Crippen LogP) is 4.70. The van der Waals surface area contributed by atoms with Gasteiger partial charge in [0.1, 0.15) is 4.83 Å². The third-order valence-corrected chi connectivity index (χ3v) is 7.69. The molecule has 1 aromatic carbocycles. The number of carbonyl (C=O) groups excluding carboxylic acids is 1. The Morgan fingerprint density at radius 3 is 2.64 bits per heavy atom. The molecule has 0 aliphatic rings. The van der Waals surface area contributed by atoms with Gasteiger partial charge in [0.25, 0.3) is 5.56 Å². The monoisotopic (exact) mass is 489 g/mol. The Balaban J connectivity index is 1.69. The van der Waals surface area contributed by atoms with Crippen molar-refractivity contribution < 1.29 is 14.3 Å². The highest BCUT2D eigenvalue weighted by Gasteiger charge is 2.20. The number of nitrogens with one attached hydrogen (secondary N) is 2. The van der Waals surface area contributed by atoms with Crippen molar-refractivity contribution in [2.24, 2.45) is 5.92 Å². The number of hydrogen-bond acceptors (Lipinski definition) is 7. The molecule has 2 N–H and O–H groups in total. The van der Waals surface area contributed by atoms with Crippen LogP contribution in [-0.2, 0) is 17.8 Å². The van der Waals surface area contributed by atoms with Crippen molar-refractivity contribution in [2.75, 3.05) is 14.2 Å². The lowest BCUT2D eigenvalue weighted by atomic mass is 9.98. The van der Waals surface area contributed by atoms with Gasteiger partial charge in [0, 0.05) is 11.4 Å². The van der Waals surface area contributed by atoms with Crippen molar-refractivity contribution in [3.63, 3.8) is 0 Å². The number of aromatic amines is 1. The van der Waals surface area contributed by atoms with E-state index < -0.39 is 5.25 Å². The van der Waals surface area contributed by atoms with Gasteiger partial charge in [-0.1, -0.05) is 38.1 Å². The summed E-state index contributed by atoms with van der Waals surface area (Å²) in [6, 6.07) is 5.52. The van der Waals surface area contributed by atoms with Crippen molar-refractivity contribution >= 4 is 39.2 Å². The Hall–Kier alpha value is -2.52. The maximum atomic E-state index is 12.9. The van der Waals surface area contributed by atoms with Gasteiger partial charge < -0.3 is 19.8 Å². The van der Waals surface area contributed by atoms with Gasteiger partial charge in [-0.25, -0.2) is 4.98 Å². The zero-order valence-corrected chi connectivity index (χ0v) is 21.5. The number of aryl methyl sites for hydroxylation is 1. The molecular weight excluding hydrogens is 458 g/mol. The van der Waals surface area contributed by atoms with Crippen LogP contribution in [-0.4, -0.2) is 35.3 Å². The van der Waals surface area contributed by atoms with Crippen molar-refractivity contribution in [3.8, 4) is 11.5 Å². The van der Waals surface area contributed by atoms with E-state index in [1.54, 1.807) is 38.5 Å². The molecule has 0 radical (unpaired) electrons. The maximum Gasteiger partial charge on any atom is 0.260 e. The lowest BCUT2D eigenvalue weighted by Gasteiger charge is -2.13. The minimum atomic E-state index is -0.425. The Morgan fingerprint density at radius 1 is 1.24 bits per heavy atom. The quantitative estimate of drug-likeness (QED) is 0.317. The number of thiophene rings is 1. The average Bonchev–Trinajstić information content (AvgIpc) is 3.11. The SMILES string of the molecule is CCC(C)Cc1c(C)sc2nc(SC(C)C(=O)NCc3ccc(OC)c(OC)c3)[nH]c(=O)c12. The first-order valence-corrected chi connectivity index (χ1v) is 12.6. The standard InChI is InChI=1S/C24H31N3O4S2/c1-7-13(2)10-17-14(3)32-23-20(17)22(29)26-24(27-23)33-15(4)21(28)25-12-16-8-9-18(30-5)19(11-16)31-6/h8-9,11,13,15H,7,10,12H2,1-6H3,(H,25,28)(H,26,27,29). The van der Waals surface area contributed by atoms with Gasteiger partial charge in [-0.2, -0.15) is 0 Å². The van der Waals surface area contributed by atoms with E-state index in [0.29, 0.717) is 34.5 Å². The topological polar surface area (TPSA) is 93.3 Å². The van der Waals surface area contributed by atoms with Crippen LogP contribution in [0.2, 0.25) is 0 Å². The molecule has 0 fully saturated rings. The zero-order valence-electron chi connectivity index (χ0n) is 19.9. The number of H-pyrrole nitrogens is 1. The highest BCUT2D eigenvalue weighted by Crippen LogP contribution is 2.31. The van der Waals surface area contributed by atoms with Gasteiger partial charge in [-0.3, -0.25) is 9.59 Å². The van der Waals surface area contributed by atoms with Crippen LogP contribution in [0.3, 0.4) is 0 Å². The molecule has 3 rings (SSSR count). The van der Waals surface area contributed by atoms with E-state index in [0.717, 1.165) is 33.7 Å². The number of thioether (sulfide) groups is 1. The molecule has 2 atom stereocenters. The number of hydrogen-bond donors (Lipinski definition) is 2. The third kappa shape index (κ3) is 5.89. The number of nitrogens with zero attached hydrogens (tertiary/aromatic N) is 1. The summed E-state index contributed by atoms with van der Waals surface area (Å²) in [4.78, 5) is 34.9. The Kier molecular flexibility index (Phi) is 8.42. The molecule has 0 saturated carbocycles. The minimum absolute atomic E-state index is 0.136. The molecule has 3 aromatic rings. The molecule has 0 aliphatic heterocycles. The smallest absolute Gasteiger partial charge is 0.260 e. The highest BCUT2D eigenvalue weighted by atomic mass is 32.2. The summed E-state index contributed by atoms with van der Waals surface area (Å²) < 4.78 is 10.6. The lowest BCUT2D eigenvalue weighted by molar-refractivity contribution is -0.120. The number of fused-ring (bicyclic) bond motifs is 1. The summed E-state index contributed by atoms with van der Waals surface area (Å²) in [5, 5.41) is 3.65. The fourth-order valence-corrected chi connectivity index (χ4v) is 5.43. The van der Waals surface area contributed by atoms with Crippen molar-refractivity contribution in [3.05, 3.63) is 44.6 Å². The van der Waals surface area contributed by atoms with E-state index in [1.807, 2.05) is 19.1 Å². The van der Waals surface area contributed by atoms with E-state index in [4.69, 9.17) is 9.47 Å². The predicted molar refractivity (Wildman–Crippen MR) is 135 cm³/mol. The zero-order chi connectivity index (χ0) is 24.1. The van der Waals surface area contributed by atoms with Crippen LogP contribution in [0.5, 0.6) is 11.5 Å². The van der Waals surface area contributed by atoms with Crippen LogP contribution in [0.15, 0.2) is 28.2 Å². The molecule has 0 spiro atoms. The largest absolute Gasteiger partial charge is 0.493 e. The first kappa shape index (κ1) is 25.1. The van der Waals surface area contributed by atoms with Crippen LogP contribution in [0.4, 0.5) is 0 Å². The molecule has 2 heterocycles. The Morgan fingerprint density at radius 2 is 1.97 bits per heavy atom. The summed E-state index contributed by atoms with van der Waals surface area (Å²) in [5.41, 5.74) is 1.85. The molecule has 7 nitrogen and oxygen atoms in total. The van der Waals surface area contributed by atoms with E-state index in [9.17, 15) is 9.59 Å². The van der Waals surface area contributed by atoms with Crippen LogP contribution in [0.25, 0.3) is 10.2 Å². The fraction of sp³-hybridized carbons (Fsp3) is 0.458. The van der Waals surface area contributed by atoms with Gasteiger partial charge in [-0.05, 0) is 49.4 Å². The number of benzene rings is 1. The molecule has 33 heavy (non-hydrogen) atoms. The molecule has 0 bridgehead atoms. The average molecular weight is 490 g/mol. The number of methoxy groups -OCH3 is 2. The molecule has 2 unspecified atom stereocenters. The number of aromatic nitrogens is 2. The summed E-state index contributed by atoms with van der Waals surface area (Å²) in [6.45, 7) is 8.55.